The van der Waals surface area contributed by atoms with E-state index in [1.165, 1.54) is 19.3 Å². The highest BCUT2D eigenvalue weighted by molar-refractivity contribution is 5.98. The van der Waals surface area contributed by atoms with Crippen molar-refractivity contribution in [3.05, 3.63) is 24.0 Å². The number of rotatable bonds is 4. The van der Waals surface area contributed by atoms with E-state index in [0.29, 0.717) is 18.8 Å². The molecular formula is C18H24N4O2. The van der Waals surface area contributed by atoms with Crippen LogP contribution in [0.25, 0.3) is 11.0 Å². The normalized spacial score (nSPS) is 20.7. The number of anilines is 1. The van der Waals surface area contributed by atoms with Crippen molar-refractivity contribution in [2.24, 2.45) is 0 Å². The Kier molecular flexibility index (Phi) is 4.02. The summed E-state index contributed by atoms with van der Waals surface area (Å²) >= 11 is 0. The lowest BCUT2D eigenvalue weighted by Crippen LogP contribution is -2.51. The lowest BCUT2D eigenvalue weighted by atomic mass is 9.85. The summed E-state index contributed by atoms with van der Waals surface area (Å²) in [4.78, 5) is 20.8. The minimum Gasteiger partial charge on any atom is -0.368 e. The summed E-state index contributed by atoms with van der Waals surface area (Å²) in [6, 6.07) is 5.84. The van der Waals surface area contributed by atoms with Crippen molar-refractivity contribution in [1.29, 1.82) is 0 Å². The fraction of sp³-hybridized carbons (Fsp3) is 0.556. The van der Waals surface area contributed by atoms with Gasteiger partial charge in [-0.1, -0.05) is 6.42 Å². The van der Waals surface area contributed by atoms with Gasteiger partial charge in [-0.3, -0.25) is 4.79 Å². The number of aromatic nitrogens is 2. The van der Waals surface area contributed by atoms with Gasteiger partial charge in [0.15, 0.2) is 0 Å². The summed E-state index contributed by atoms with van der Waals surface area (Å²) in [5.41, 5.74) is 1.99. The molecule has 1 aromatic heterocycles. The van der Waals surface area contributed by atoms with E-state index >= 15 is 0 Å². The van der Waals surface area contributed by atoms with Gasteiger partial charge in [0, 0.05) is 18.7 Å². The number of nitrogens with zero attached hydrogens (tertiary/aromatic N) is 1. The Balaban J connectivity index is 1.54. The van der Waals surface area contributed by atoms with Gasteiger partial charge in [0.2, 0.25) is 0 Å². The molecule has 1 aliphatic heterocycles. The predicted octanol–water partition coefficient (Wildman–Crippen LogP) is 2.54. The van der Waals surface area contributed by atoms with Crippen LogP contribution >= 0.6 is 0 Å². The quantitative estimate of drug-likeness (QED) is 0.806. The number of fused-ring (bicyclic) bond motifs is 1. The number of imidazole rings is 1. The number of methoxy groups -OCH3 is 1. The van der Waals surface area contributed by atoms with Gasteiger partial charge in [0.25, 0.3) is 5.91 Å². The number of ether oxygens (including phenoxy) is 1. The molecule has 0 spiro atoms. The molecular weight excluding hydrogens is 304 g/mol. The van der Waals surface area contributed by atoms with Crippen molar-refractivity contribution in [1.82, 2.24) is 15.3 Å². The van der Waals surface area contributed by atoms with Crippen LogP contribution < -0.4 is 10.6 Å². The van der Waals surface area contributed by atoms with Gasteiger partial charge in [-0.2, -0.15) is 0 Å². The Hall–Kier alpha value is -1.92. The lowest BCUT2D eigenvalue weighted by molar-refractivity contribution is -0.140. The monoisotopic (exact) mass is 328 g/mol. The molecule has 1 aliphatic carbocycles. The summed E-state index contributed by atoms with van der Waals surface area (Å²) in [7, 11) is 1.62. The molecule has 2 aliphatic rings. The summed E-state index contributed by atoms with van der Waals surface area (Å²) in [6.45, 7) is 1.59. The van der Waals surface area contributed by atoms with Gasteiger partial charge in [-0.05, 0) is 57.0 Å². The number of carbonyl (C=O) groups is 1. The van der Waals surface area contributed by atoms with Crippen LogP contribution in [0, 0.1) is 0 Å². The maximum atomic E-state index is 12.7. The molecule has 6 heteroatoms. The third-order valence-corrected chi connectivity index (χ3v) is 5.47. The van der Waals surface area contributed by atoms with Crippen LogP contribution in [0.3, 0.4) is 0 Å². The molecule has 0 bridgehead atoms. The second-order valence-electron chi connectivity index (χ2n) is 6.88. The van der Waals surface area contributed by atoms with Gasteiger partial charge >= 0.3 is 0 Å². The summed E-state index contributed by atoms with van der Waals surface area (Å²) in [5.74, 6) is 1.58. The zero-order valence-electron chi connectivity index (χ0n) is 14.0. The Labute approximate surface area is 141 Å². The maximum absolute atomic E-state index is 12.7. The second-order valence-corrected chi connectivity index (χ2v) is 6.88. The number of aromatic amines is 1. The first kappa shape index (κ1) is 15.6. The molecule has 2 heterocycles. The number of hydrogen-bond acceptors (Lipinski definition) is 4. The van der Waals surface area contributed by atoms with Crippen LogP contribution in [0.5, 0.6) is 0 Å². The number of benzene rings is 1. The van der Waals surface area contributed by atoms with Gasteiger partial charge < -0.3 is 20.4 Å². The van der Waals surface area contributed by atoms with Crippen molar-refractivity contribution >= 4 is 22.6 Å². The standard InChI is InChI=1S/C18H24N4O2/c1-24-18(7-9-19-10-8-18)17(23)20-13-5-6-14-15(11-13)22-16(21-14)12-3-2-4-12/h5-6,11-12,19H,2-4,7-10H2,1H3,(H,20,23)(H,21,22). The smallest absolute Gasteiger partial charge is 0.256 e. The lowest BCUT2D eigenvalue weighted by Gasteiger charge is -2.34. The number of H-pyrrole nitrogens is 1. The minimum atomic E-state index is -0.731. The first-order valence-corrected chi connectivity index (χ1v) is 8.77. The minimum absolute atomic E-state index is 0.0652. The molecule has 128 valence electrons. The highest BCUT2D eigenvalue weighted by Crippen LogP contribution is 2.35. The van der Waals surface area contributed by atoms with Crippen molar-refractivity contribution in [3.8, 4) is 0 Å². The number of nitrogens with one attached hydrogen (secondary N) is 3. The average molecular weight is 328 g/mol. The van der Waals surface area contributed by atoms with Crippen LogP contribution in [0.2, 0.25) is 0 Å². The highest BCUT2D eigenvalue weighted by atomic mass is 16.5. The van der Waals surface area contributed by atoms with Crippen molar-refractivity contribution < 1.29 is 9.53 Å². The SMILES string of the molecule is COC1(C(=O)Nc2ccc3nc(C4CCC4)[nH]c3c2)CCNCC1. The topological polar surface area (TPSA) is 79.0 Å². The first-order valence-electron chi connectivity index (χ1n) is 8.77. The first-order chi connectivity index (χ1) is 11.7. The van der Waals surface area contributed by atoms with Crippen LogP contribution in [0.1, 0.15) is 43.8 Å². The fourth-order valence-corrected chi connectivity index (χ4v) is 3.58. The zero-order chi connectivity index (χ0) is 16.6. The molecule has 1 saturated carbocycles. The molecule has 2 aromatic rings. The van der Waals surface area contributed by atoms with Gasteiger partial charge in [0.05, 0.1) is 11.0 Å². The van der Waals surface area contributed by atoms with E-state index in [2.05, 4.69) is 20.6 Å². The molecule has 1 amide bonds. The van der Waals surface area contributed by atoms with Gasteiger partial charge in [-0.15, -0.1) is 0 Å². The molecule has 0 unspecified atom stereocenters. The highest BCUT2D eigenvalue weighted by Gasteiger charge is 2.39. The Bertz CT molecular complexity index is 745. The molecule has 6 nitrogen and oxygen atoms in total. The van der Waals surface area contributed by atoms with E-state index in [1.54, 1.807) is 7.11 Å². The Morgan fingerprint density at radius 3 is 2.79 bits per heavy atom. The summed E-state index contributed by atoms with van der Waals surface area (Å²) in [5, 5.41) is 6.29. The van der Waals surface area contributed by atoms with Crippen LogP contribution in [-0.2, 0) is 9.53 Å². The average Bonchev–Trinajstić information content (AvgIpc) is 2.96. The Morgan fingerprint density at radius 2 is 2.12 bits per heavy atom. The number of piperidine rings is 1. The number of carbonyl (C=O) groups excluding carboxylic acids is 1. The Morgan fingerprint density at radius 1 is 1.33 bits per heavy atom. The third-order valence-electron chi connectivity index (χ3n) is 5.47. The molecule has 4 rings (SSSR count). The van der Waals surface area contributed by atoms with Crippen LogP contribution in [0.4, 0.5) is 5.69 Å². The van der Waals surface area contributed by atoms with E-state index in [1.807, 2.05) is 18.2 Å². The van der Waals surface area contributed by atoms with Crippen molar-refractivity contribution in [2.45, 2.75) is 43.6 Å². The molecule has 0 radical (unpaired) electrons. The molecule has 2 fully saturated rings. The summed E-state index contributed by atoms with van der Waals surface area (Å²) < 4.78 is 5.59. The fourth-order valence-electron chi connectivity index (χ4n) is 3.58. The predicted molar refractivity (Wildman–Crippen MR) is 93.2 cm³/mol. The van der Waals surface area contributed by atoms with E-state index < -0.39 is 5.60 Å². The number of hydrogen-bond donors (Lipinski definition) is 3. The molecule has 24 heavy (non-hydrogen) atoms. The molecule has 0 atom stereocenters. The van der Waals surface area contributed by atoms with Crippen LogP contribution in [0.15, 0.2) is 18.2 Å². The maximum Gasteiger partial charge on any atom is 0.256 e. The third kappa shape index (κ3) is 2.70. The van der Waals surface area contributed by atoms with E-state index in [-0.39, 0.29) is 5.91 Å². The van der Waals surface area contributed by atoms with Gasteiger partial charge in [-0.25, -0.2) is 4.98 Å². The van der Waals surface area contributed by atoms with Crippen molar-refractivity contribution in [3.63, 3.8) is 0 Å². The second kappa shape index (κ2) is 6.18. The largest absolute Gasteiger partial charge is 0.368 e. The number of amides is 1. The zero-order valence-corrected chi connectivity index (χ0v) is 14.0. The molecule has 1 aromatic carbocycles. The van der Waals surface area contributed by atoms with Gasteiger partial charge in [0.1, 0.15) is 11.4 Å². The van der Waals surface area contributed by atoms with E-state index in [4.69, 9.17) is 4.74 Å². The van der Waals surface area contributed by atoms with E-state index in [9.17, 15) is 4.79 Å². The molecule has 3 N–H and O–H groups in total. The van der Waals surface area contributed by atoms with Crippen LogP contribution in [-0.4, -0.2) is 41.7 Å². The van der Waals surface area contributed by atoms with E-state index in [0.717, 1.165) is 35.6 Å². The summed E-state index contributed by atoms with van der Waals surface area (Å²) in [6.07, 6.45) is 5.10. The molecule has 1 saturated heterocycles. The van der Waals surface area contributed by atoms with Crippen molar-refractivity contribution in [2.75, 3.05) is 25.5 Å².